The third-order valence-electron chi connectivity index (χ3n) is 6.24. The van der Waals surface area contributed by atoms with Gasteiger partial charge in [0.2, 0.25) is 5.89 Å². The molecule has 0 radical (unpaired) electrons. The zero-order chi connectivity index (χ0) is 22.2. The van der Waals surface area contributed by atoms with Crippen LogP contribution in [0.2, 0.25) is 0 Å². The minimum Gasteiger partial charge on any atom is -0.433 e. The number of carbonyl (C=O) groups excluding carboxylic acids is 1. The van der Waals surface area contributed by atoms with Crippen molar-refractivity contribution in [1.82, 2.24) is 4.98 Å². The highest BCUT2D eigenvalue weighted by molar-refractivity contribution is 6.62. The first-order valence-corrected chi connectivity index (χ1v) is 10.6. The van der Waals surface area contributed by atoms with Crippen LogP contribution in [-0.2, 0) is 14.0 Å². The molecular formula is C22H28BN3O5. The van der Waals surface area contributed by atoms with E-state index in [0.29, 0.717) is 29.7 Å². The molecule has 2 aromatic rings. The van der Waals surface area contributed by atoms with Crippen molar-refractivity contribution in [3.05, 3.63) is 29.7 Å². The van der Waals surface area contributed by atoms with Gasteiger partial charge in [-0.3, -0.25) is 4.79 Å². The molecule has 3 heterocycles. The Morgan fingerprint density at radius 1 is 1.19 bits per heavy atom. The molecule has 2 N–H and O–H groups in total. The van der Waals surface area contributed by atoms with Crippen LogP contribution in [0, 0.1) is 5.41 Å². The number of ether oxygens (including phenoxy) is 1. The lowest BCUT2D eigenvalue weighted by Gasteiger charge is -2.32. The average Bonchev–Trinajstić information content (AvgIpc) is 3.30. The zero-order valence-electron chi connectivity index (χ0n) is 18.4. The molecule has 0 bridgehead atoms. The maximum absolute atomic E-state index is 11.1. The summed E-state index contributed by atoms with van der Waals surface area (Å²) < 4.78 is 23.9. The number of carbonyl (C=O) groups is 1. The van der Waals surface area contributed by atoms with Crippen LogP contribution >= 0.6 is 0 Å². The molecule has 0 aliphatic carbocycles. The van der Waals surface area contributed by atoms with Crippen molar-refractivity contribution in [1.29, 1.82) is 5.41 Å². The van der Waals surface area contributed by atoms with Crippen LogP contribution in [0.15, 0.2) is 22.7 Å². The number of aldehydes is 1. The summed E-state index contributed by atoms with van der Waals surface area (Å²) >= 11 is 0. The van der Waals surface area contributed by atoms with Gasteiger partial charge in [0.05, 0.1) is 17.4 Å². The van der Waals surface area contributed by atoms with Gasteiger partial charge in [-0.25, -0.2) is 4.98 Å². The highest BCUT2D eigenvalue weighted by Crippen LogP contribution is 2.37. The van der Waals surface area contributed by atoms with Gasteiger partial charge in [-0.05, 0) is 64.6 Å². The highest BCUT2D eigenvalue weighted by atomic mass is 16.7. The Morgan fingerprint density at radius 3 is 2.52 bits per heavy atom. The van der Waals surface area contributed by atoms with E-state index in [-0.39, 0.29) is 17.9 Å². The largest absolute Gasteiger partial charge is 0.494 e. The zero-order valence-corrected chi connectivity index (χ0v) is 18.4. The molecule has 1 atom stereocenters. The van der Waals surface area contributed by atoms with E-state index in [1.54, 1.807) is 0 Å². The average molecular weight is 425 g/mol. The molecule has 1 unspecified atom stereocenters. The molecule has 0 spiro atoms. The summed E-state index contributed by atoms with van der Waals surface area (Å²) in [4.78, 5) is 15.3. The summed E-state index contributed by atoms with van der Waals surface area (Å²) in [7, 11) is -0.600. The first-order chi connectivity index (χ1) is 14.7. The minimum absolute atomic E-state index is 0.122. The smallest absolute Gasteiger partial charge is 0.433 e. The molecule has 9 heteroatoms. The second-order valence-corrected chi connectivity index (χ2v) is 8.95. The van der Waals surface area contributed by atoms with Gasteiger partial charge in [-0.15, -0.1) is 0 Å². The monoisotopic (exact) mass is 425 g/mol. The molecule has 1 aromatic carbocycles. The Labute approximate surface area is 182 Å². The third-order valence-corrected chi connectivity index (χ3v) is 6.24. The third kappa shape index (κ3) is 4.17. The van der Waals surface area contributed by atoms with E-state index in [0.717, 1.165) is 24.7 Å². The van der Waals surface area contributed by atoms with E-state index in [9.17, 15) is 4.79 Å². The van der Waals surface area contributed by atoms with E-state index < -0.39 is 18.3 Å². The lowest BCUT2D eigenvalue weighted by Crippen LogP contribution is -2.41. The Bertz CT molecular complexity index is 966. The number of hydrogen-bond acceptors (Lipinski definition) is 8. The Morgan fingerprint density at radius 2 is 1.94 bits per heavy atom. The van der Waals surface area contributed by atoms with Crippen molar-refractivity contribution < 1.29 is 23.3 Å². The molecule has 2 aliphatic heterocycles. The van der Waals surface area contributed by atoms with E-state index in [4.69, 9.17) is 23.9 Å². The number of nitrogens with zero attached hydrogens (tertiary/aromatic N) is 1. The summed E-state index contributed by atoms with van der Waals surface area (Å²) in [6, 6.07) is 3.77. The summed E-state index contributed by atoms with van der Waals surface area (Å²) in [6.45, 7) is 8.70. The van der Waals surface area contributed by atoms with Crippen LogP contribution in [-0.4, -0.2) is 48.6 Å². The first-order valence-electron chi connectivity index (χ1n) is 10.6. The maximum Gasteiger partial charge on any atom is 0.494 e. The molecule has 8 nitrogen and oxygen atoms in total. The Balaban J connectivity index is 1.79. The number of anilines is 1. The molecule has 0 saturated carbocycles. The summed E-state index contributed by atoms with van der Waals surface area (Å²) in [5.41, 5.74) is 1.65. The highest BCUT2D eigenvalue weighted by Gasteiger charge is 2.52. The van der Waals surface area contributed by atoms with Gasteiger partial charge in [0, 0.05) is 29.6 Å². The number of aromatic nitrogens is 1. The van der Waals surface area contributed by atoms with Crippen molar-refractivity contribution >= 4 is 30.8 Å². The SMILES string of the molecule is CC1(C)OB(c2cc(NC3CCCCO3)c(C=N)c(-c3ncc(C=O)o3)c2)OC1(C)C. The summed E-state index contributed by atoms with van der Waals surface area (Å²) in [6.07, 6.45) is 6.07. The number of hydrogen-bond donors (Lipinski definition) is 2. The predicted molar refractivity (Wildman–Crippen MR) is 118 cm³/mol. The van der Waals surface area contributed by atoms with Gasteiger partial charge in [0.1, 0.15) is 6.23 Å². The number of rotatable bonds is 6. The molecular weight excluding hydrogens is 397 g/mol. The molecule has 0 amide bonds. The standard InChI is InChI=1S/C22H28BN3O5/c1-21(2)22(3,4)31-23(30-21)14-9-16(20-25-12-15(13-27)29-20)17(11-24)18(10-14)26-19-7-5-6-8-28-19/h9-13,19,24,26H,5-8H2,1-4H3. The van der Waals surface area contributed by atoms with Crippen molar-refractivity contribution in [2.45, 2.75) is 64.4 Å². The lowest BCUT2D eigenvalue weighted by molar-refractivity contribution is 0.00578. The topological polar surface area (TPSA) is 107 Å². The van der Waals surface area contributed by atoms with Gasteiger partial charge < -0.3 is 29.2 Å². The van der Waals surface area contributed by atoms with Gasteiger partial charge in [0.25, 0.3) is 0 Å². The molecule has 2 saturated heterocycles. The normalized spacial score (nSPS) is 22.3. The van der Waals surface area contributed by atoms with E-state index >= 15 is 0 Å². The second-order valence-electron chi connectivity index (χ2n) is 8.95. The van der Waals surface area contributed by atoms with E-state index in [1.807, 2.05) is 39.8 Å². The quantitative estimate of drug-likeness (QED) is 0.415. The summed E-state index contributed by atoms with van der Waals surface area (Å²) in [5.74, 6) is 0.378. The minimum atomic E-state index is -0.600. The van der Waals surface area contributed by atoms with E-state index in [2.05, 4.69) is 10.3 Å². The van der Waals surface area contributed by atoms with Crippen LogP contribution in [0.3, 0.4) is 0 Å². The second kappa shape index (κ2) is 8.22. The van der Waals surface area contributed by atoms with Crippen LogP contribution < -0.4 is 10.8 Å². The van der Waals surface area contributed by atoms with Gasteiger partial charge in [0.15, 0.2) is 12.0 Å². The number of benzene rings is 1. The first kappa shape index (κ1) is 21.7. The van der Waals surface area contributed by atoms with Crippen LogP contribution in [0.4, 0.5) is 5.69 Å². The fourth-order valence-electron chi connectivity index (χ4n) is 3.74. The maximum atomic E-state index is 11.1. The fourth-order valence-corrected chi connectivity index (χ4v) is 3.74. The van der Waals surface area contributed by atoms with Gasteiger partial charge in [-0.1, -0.05) is 0 Å². The van der Waals surface area contributed by atoms with Gasteiger partial charge >= 0.3 is 7.12 Å². The van der Waals surface area contributed by atoms with Crippen molar-refractivity contribution in [3.8, 4) is 11.5 Å². The van der Waals surface area contributed by atoms with Crippen molar-refractivity contribution in [2.24, 2.45) is 0 Å². The van der Waals surface area contributed by atoms with Crippen LogP contribution in [0.1, 0.15) is 63.1 Å². The molecule has 31 heavy (non-hydrogen) atoms. The van der Waals surface area contributed by atoms with Crippen molar-refractivity contribution in [3.63, 3.8) is 0 Å². The lowest BCUT2D eigenvalue weighted by atomic mass is 9.77. The molecule has 2 aliphatic rings. The molecule has 1 aromatic heterocycles. The Kier molecular flexibility index (Phi) is 5.76. The fraction of sp³-hybridized carbons (Fsp3) is 0.500. The molecule has 164 valence electrons. The number of oxazole rings is 1. The van der Waals surface area contributed by atoms with E-state index in [1.165, 1.54) is 12.4 Å². The molecule has 4 rings (SSSR count). The predicted octanol–water partition coefficient (Wildman–Crippen LogP) is 3.39. The van der Waals surface area contributed by atoms with Crippen LogP contribution in [0.5, 0.6) is 0 Å². The van der Waals surface area contributed by atoms with Crippen LogP contribution in [0.25, 0.3) is 11.5 Å². The van der Waals surface area contributed by atoms with Crippen molar-refractivity contribution in [2.75, 3.05) is 11.9 Å². The van der Waals surface area contributed by atoms with Gasteiger partial charge in [-0.2, -0.15) is 0 Å². The summed E-state index contributed by atoms with van der Waals surface area (Å²) in [5, 5.41) is 11.5. The Hall–Kier alpha value is -2.49. The molecule has 2 fully saturated rings. The number of nitrogens with one attached hydrogen (secondary N) is 2.